The maximum Gasteiger partial charge on any atom is 0.260 e. The first kappa shape index (κ1) is 19.7. The van der Waals surface area contributed by atoms with Gasteiger partial charge in [-0.2, -0.15) is 5.26 Å². The summed E-state index contributed by atoms with van der Waals surface area (Å²) in [7, 11) is 1.77. The summed E-state index contributed by atoms with van der Waals surface area (Å²) in [6, 6.07) is 19.3. The van der Waals surface area contributed by atoms with Crippen molar-refractivity contribution in [1.29, 1.82) is 5.26 Å². The maximum atomic E-state index is 13.4. The molecule has 30 heavy (non-hydrogen) atoms. The highest BCUT2D eigenvalue weighted by Crippen LogP contribution is 2.25. The van der Waals surface area contributed by atoms with E-state index in [1.165, 1.54) is 6.42 Å². The smallest absolute Gasteiger partial charge is 0.260 e. The second kappa shape index (κ2) is 8.83. The van der Waals surface area contributed by atoms with Crippen LogP contribution in [0.4, 0.5) is 11.5 Å². The Kier molecular flexibility index (Phi) is 5.80. The van der Waals surface area contributed by atoms with Gasteiger partial charge in [-0.05, 0) is 31.4 Å². The zero-order valence-electron chi connectivity index (χ0n) is 17.1. The van der Waals surface area contributed by atoms with Crippen LogP contribution in [0.15, 0.2) is 59.4 Å². The third-order valence-electron chi connectivity index (χ3n) is 5.55. The molecule has 6 heteroatoms. The van der Waals surface area contributed by atoms with Gasteiger partial charge in [0.15, 0.2) is 0 Å². The zero-order chi connectivity index (χ0) is 20.9. The molecule has 6 nitrogen and oxygen atoms in total. The lowest BCUT2D eigenvalue weighted by atomic mass is 10.1. The fourth-order valence-electron chi connectivity index (χ4n) is 3.92. The predicted octanol–water partition coefficient (Wildman–Crippen LogP) is 3.92. The number of aromatic nitrogens is 2. The quantitative estimate of drug-likeness (QED) is 0.704. The minimum atomic E-state index is -0.0636. The molecule has 0 saturated carbocycles. The van der Waals surface area contributed by atoms with Crippen molar-refractivity contribution in [2.45, 2.75) is 25.8 Å². The Morgan fingerprint density at radius 2 is 1.73 bits per heavy atom. The van der Waals surface area contributed by atoms with E-state index < -0.39 is 0 Å². The number of nitrogens with zero attached hydrogens (tertiary/aromatic N) is 4. The van der Waals surface area contributed by atoms with E-state index >= 15 is 0 Å². The second-order valence-electron chi connectivity index (χ2n) is 7.53. The summed E-state index contributed by atoms with van der Waals surface area (Å²) in [5, 5.41) is 12.6. The molecule has 0 spiro atoms. The van der Waals surface area contributed by atoms with Crippen molar-refractivity contribution in [2.75, 3.05) is 23.3 Å². The second-order valence-corrected chi connectivity index (χ2v) is 7.53. The lowest BCUT2D eigenvalue weighted by Crippen LogP contribution is -2.36. The fourth-order valence-corrected chi connectivity index (χ4v) is 3.92. The van der Waals surface area contributed by atoms with Gasteiger partial charge in [-0.3, -0.25) is 9.36 Å². The van der Waals surface area contributed by atoms with E-state index in [2.05, 4.69) is 16.3 Å². The van der Waals surface area contributed by atoms with Crippen molar-refractivity contribution < 1.29 is 0 Å². The van der Waals surface area contributed by atoms with Crippen molar-refractivity contribution in [3.05, 3.63) is 76.1 Å². The Balaban J connectivity index is 1.77. The van der Waals surface area contributed by atoms with Crippen LogP contribution in [0.5, 0.6) is 0 Å². The van der Waals surface area contributed by atoms with Gasteiger partial charge in [0.25, 0.3) is 5.56 Å². The molecule has 3 aromatic rings. The van der Waals surface area contributed by atoms with Crippen LogP contribution in [-0.2, 0) is 13.6 Å². The first-order valence-electron chi connectivity index (χ1n) is 10.3. The number of nitriles is 1. The summed E-state index contributed by atoms with van der Waals surface area (Å²) >= 11 is 0. The van der Waals surface area contributed by atoms with Crippen molar-refractivity contribution >= 4 is 11.5 Å². The van der Waals surface area contributed by atoms with Crippen LogP contribution in [0.1, 0.15) is 30.4 Å². The van der Waals surface area contributed by atoms with Gasteiger partial charge in [-0.25, -0.2) is 4.98 Å². The van der Waals surface area contributed by atoms with Crippen LogP contribution >= 0.6 is 0 Å². The molecule has 1 aliphatic heterocycles. The molecule has 4 rings (SSSR count). The molecule has 1 aliphatic rings. The molecule has 152 valence electrons. The number of benzene rings is 2. The summed E-state index contributed by atoms with van der Waals surface area (Å²) in [4.78, 5) is 20.6. The first-order valence-corrected chi connectivity index (χ1v) is 10.3. The van der Waals surface area contributed by atoms with Crippen molar-refractivity contribution in [1.82, 2.24) is 9.55 Å². The number of rotatable bonds is 5. The molecule has 0 amide bonds. The Morgan fingerprint density at radius 1 is 1.03 bits per heavy atom. The van der Waals surface area contributed by atoms with E-state index in [4.69, 9.17) is 4.98 Å². The summed E-state index contributed by atoms with van der Waals surface area (Å²) in [6.07, 6.45) is 3.40. The highest BCUT2D eigenvalue weighted by Gasteiger charge is 2.22. The lowest BCUT2D eigenvalue weighted by molar-refractivity contribution is 0.569. The lowest BCUT2D eigenvalue weighted by Gasteiger charge is -2.30. The average molecular weight is 399 g/mol. The number of hydrogen-bond donors (Lipinski definition) is 1. The standard InChI is InChI=1S/C24H25N5O/c1-28-22(18-10-4-2-5-11-18)27-23(29-14-8-3-9-15-29)20(24(28)30)17-26-21-13-7-6-12-19(21)16-25/h2,4-7,10-13,26H,3,8-9,14-15,17H2,1H3. The minimum absolute atomic E-state index is 0.0636. The normalized spacial score (nSPS) is 13.7. The molecule has 2 aromatic carbocycles. The number of piperidine rings is 1. The SMILES string of the molecule is Cn1c(-c2ccccc2)nc(N2CCCCC2)c(CNc2ccccc2C#N)c1=O. The highest BCUT2D eigenvalue weighted by molar-refractivity contribution is 5.62. The number of para-hydroxylation sites is 1. The third-order valence-corrected chi connectivity index (χ3v) is 5.55. The van der Waals surface area contributed by atoms with Crippen LogP contribution in [0.2, 0.25) is 0 Å². The van der Waals surface area contributed by atoms with Crippen molar-refractivity contribution in [2.24, 2.45) is 7.05 Å². The summed E-state index contributed by atoms with van der Waals surface area (Å²) in [5.74, 6) is 1.42. The molecule has 2 heterocycles. The molecule has 1 aromatic heterocycles. The van der Waals surface area contributed by atoms with Crippen LogP contribution in [0.3, 0.4) is 0 Å². The monoisotopic (exact) mass is 399 g/mol. The molecule has 1 saturated heterocycles. The van der Waals surface area contributed by atoms with Gasteiger partial charge in [0.1, 0.15) is 17.7 Å². The molecule has 0 unspecified atom stereocenters. The first-order chi connectivity index (χ1) is 14.7. The van der Waals surface area contributed by atoms with Crippen molar-refractivity contribution in [3.8, 4) is 17.5 Å². The Morgan fingerprint density at radius 3 is 2.47 bits per heavy atom. The zero-order valence-corrected chi connectivity index (χ0v) is 17.1. The Hall–Kier alpha value is -3.59. The van der Waals surface area contributed by atoms with Crippen LogP contribution in [0, 0.1) is 11.3 Å². The largest absolute Gasteiger partial charge is 0.380 e. The van der Waals surface area contributed by atoms with Gasteiger partial charge < -0.3 is 10.2 Å². The molecule has 0 atom stereocenters. The van der Waals surface area contributed by atoms with E-state index in [0.29, 0.717) is 23.5 Å². The Bertz CT molecular complexity index is 1120. The number of nitrogens with one attached hydrogen (secondary N) is 1. The topological polar surface area (TPSA) is 74.0 Å². The minimum Gasteiger partial charge on any atom is -0.380 e. The fraction of sp³-hybridized carbons (Fsp3) is 0.292. The molecular weight excluding hydrogens is 374 g/mol. The van der Waals surface area contributed by atoms with E-state index in [9.17, 15) is 10.1 Å². The summed E-state index contributed by atoms with van der Waals surface area (Å²) in [5.41, 5.74) is 2.77. The third kappa shape index (κ3) is 3.92. The van der Waals surface area contributed by atoms with E-state index in [0.717, 1.165) is 43.0 Å². The van der Waals surface area contributed by atoms with Crippen LogP contribution in [0.25, 0.3) is 11.4 Å². The van der Waals surface area contributed by atoms with E-state index in [1.54, 1.807) is 17.7 Å². The van der Waals surface area contributed by atoms with Gasteiger partial charge in [0.05, 0.1) is 16.8 Å². The van der Waals surface area contributed by atoms with Crippen LogP contribution in [-0.4, -0.2) is 22.6 Å². The summed E-state index contributed by atoms with van der Waals surface area (Å²) in [6.45, 7) is 2.12. The van der Waals surface area contributed by atoms with Gasteiger partial charge in [0.2, 0.25) is 0 Å². The molecule has 1 fully saturated rings. The molecule has 0 aliphatic carbocycles. The molecule has 0 radical (unpaired) electrons. The average Bonchev–Trinajstić information content (AvgIpc) is 2.81. The van der Waals surface area contributed by atoms with Crippen molar-refractivity contribution in [3.63, 3.8) is 0 Å². The van der Waals surface area contributed by atoms with E-state index in [-0.39, 0.29) is 5.56 Å². The summed E-state index contributed by atoms with van der Waals surface area (Å²) < 4.78 is 1.62. The molecule has 0 bridgehead atoms. The Labute approximate surface area is 176 Å². The van der Waals surface area contributed by atoms with Gasteiger partial charge in [-0.15, -0.1) is 0 Å². The number of anilines is 2. The highest BCUT2D eigenvalue weighted by atomic mass is 16.1. The molecular formula is C24H25N5O. The van der Waals surface area contributed by atoms with Gasteiger partial charge in [0, 0.05) is 32.2 Å². The van der Waals surface area contributed by atoms with Crippen LogP contribution < -0.4 is 15.8 Å². The van der Waals surface area contributed by atoms with E-state index in [1.807, 2.05) is 48.5 Å². The maximum absolute atomic E-state index is 13.4. The van der Waals surface area contributed by atoms with Gasteiger partial charge in [-0.1, -0.05) is 42.5 Å². The molecule has 1 N–H and O–H groups in total. The number of hydrogen-bond acceptors (Lipinski definition) is 5. The van der Waals surface area contributed by atoms with Gasteiger partial charge >= 0.3 is 0 Å². The predicted molar refractivity (Wildman–Crippen MR) is 119 cm³/mol.